The lowest BCUT2D eigenvalue weighted by Crippen LogP contribution is -1.91. The minimum Gasteiger partial charge on any atom is -0.0648 e. The second-order valence-corrected chi connectivity index (χ2v) is 4.03. The van der Waals surface area contributed by atoms with Gasteiger partial charge in [0.15, 0.2) is 0 Å². The molecule has 0 amide bonds. The average molecular weight is 174 g/mol. The predicted molar refractivity (Wildman–Crippen MR) is 57.2 cm³/mol. The highest BCUT2D eigenvalue weighted by Gasteiger charge is 2.20. The SMILES string of the molecule is CCc1ccc2c(c1)CCC2CC. The first-order chi connectivity index (χ1) is 6.35. The maximum atomic E-state index is 2.41. The van der Waals surface area contributed by atoms with Crippen molar-refractivity contribution in [1.82, 2.24) is 0 Å². The van der Waals surface area contributed by atoms with Crippen molar-refractivity contribution >= 4 is 0 Å². The Labute approximate surface area is 81.0 Å². The Morgan fingerprint density at radius 2 is 2.15 bits per heavy atom. The van der Waals surface area contributed by atoms with Crippen LogP contribution in [-0.2, 0) is 12.8 Å². The number of aryl methyl sites for hydroxylation is 2. The van der Waals surface area contributed by atoms with E-state index in [1.807, 2.05) is 0 Å². The van der Waals surface area contributed by atoms with Gasteiger partial charge in [0.1, 0.15) is 0 Å². The molecule has 1 aromatic carbocycles. The lowest BCUT2D eigenvalue weighted by Gasteiger charge is -2.08. The summed E-state index contributed by atoms with van der Waals surface area (Å²) in [5.41, 5.74) is 4.74. The van der Waals surface area contributed by atoms with Crippen molar-refractivity contribution < 1.29 is 0 Å². The van der Waals surface area contributed by atoms with Gasteiger partial charge >= 0.3 is 0 Å². The van der Waals surface area contributed by atoms with Gasteiger partial charge in [-0.05, 0) is 48.3 Å². The van der Waals surface area contributed by atoms with E-state index in [1.54, 1.807) is 11.1 Å². The van der Waals surface area contributed by atoms with Crippen molar-refractivity contribution in [2.45, 2.75) is 45.4 Å². The van der Waals surface area contributed by atoms with E-state index in [-0.39, 0.29) is 0 Å². The summed E-state index contributed by atoms with van der Waals surface area (Å²) in [7, 11) is 0. The molecule has 0 spiro atoms. The molecule has 1 aromatic rings. The molecule has 70 valence electrons. The number of hydrogen-bond acceptors (Lipinski definition) is 0. The highest BCUT2D eigenvalue weighted by atomic mass is 14.2. The standard InChI is InChI=1S/C13H18/c1-3-10-5-8-13-11(4-2)6-7-12(13)9-10/h5,8-9,11H,3-4,6-7H2,1-2H3. The van der Waals surface area contributed by atoms with Crippen LogP contribution in [0.2, 0.25) is 0 Å². The zero-order valence-electron chi connectivity index (χ0n) is 8.64. The summed E-state index contributed by atoms with van der Waals surface area (Å²) in [6.45, 7) is 4.53. The molecule has 0 nitrogen and oxygen atoms in total. The normalized spacial score (nSPS) is 20.3. The Balaban J connectivity index is 2.34. The summed E-state index contributed by atoms with van der Waals surface area (Å²) in [6, 6.07) is 7.06. The molecular weight excluding hydrogens is 156 g/mol. The van der Waals surface area contributed by atoms with Gasteiger partial charge in [0, 0.05) is 0 Å². The van der Waals surface area contributed by atoms with Crippen LogP contribution in [0.15, 0.2) is 18.2 Å². The molecule has 1 aliphatic carbocycles. The monoisotopic (exact) mass is 174 g/mol. The van der Waals surface area contributed by atoms with Crippen LogP contribution in [-0.4, -0.2) is 0 Å². The van der Waals surface area contributed by atoms with Crippen molar-refractivity contribution in [2.24, 2.45) is 0 Å². The Bertz CT molecular complexity index is 299. The molecule has 0 fully saturated rings. The van der Waals surface area contributed by atoms with Crippen LogP contribution in [0.3, 0.4) is 0 Å². The molecular formula is C13H18. The van der Waals surface area contributed by atoms with Gasteiger partial charge < -0.3 is 0 Å². The summed E-state index contributed by atoms with van der Waals surface area (Å²) in [5, 5.41) is 0. The summed E-state index contributed by atoms with van der Waals surface area (Å²) >= 11 is 0. The molecule has 0 saturated carbocycles. The first kappa shape index (κ1) is 8.80. The molecule has 13 heavy (non-hydrogen) atoms. The van der Waals surface area contributed by atoms with Crippen LogP contribution in [0.4, 0.5) is 0 Å². The molecule has 0 saturated heterocycles. The van der Waals surface area contributed by atoms with Gasteiger partial charge in [-0.15, -0.1) is 0 Å². The Morgan fingerprint density at radius 1 is 1.31 bits per heavy atom. The van der Waals surface area contributed by atoms with Crippen LogP contribution in [0.5, 0.6) is 0 Å². The topological polar surface area (TPSA) is 0 Å². The molecule has 0 bridgehead atoms. The third kappa shape index (κ3) is 1.50. The molecule has 1 atom stereocenters. The Morgan fingerprint density at radius 3 is 2.85 bits per heavy atom. The van der Waals surface area contributed by atoms with Gasteiger partial charge in [-0.3, -0.25) is 0 Å². The van der Waals surface area contributed by atoms with Crippen molar-refractivity contribution in [1.29, 1.82) is 0 Å². The second kappa shape index (κ2) is 3.53. The van der Waals surface area contributed by atoms with E-state index in [0.717, 1.165) is 5.92 Å². The zero-order valence-corrected chi connectivity index (χ0v) is 8.64. The van der Waals surface area contributed by atoms with Crippen molar-refractivity contribution in [3.8, 4) is 0 Å². The fourth-order valence-electron chi connectivity index (χ4n) is 2.40. The quantitative estimate of drug-likeness (QED) is 0.641. The fraction of sp³-hybridized carbons (Fsp3) is 0.538. The van der Waals surface area contributed by atoms with Crippen LogP contribution < -0.4 is 0 Å². The van der Waals surface area contributed by atoms with E-state index >= 15 is 0 Å². The lowest BCUT2D eigenvalue weighted by molar-refractivity contribution is 0.656. The Hall–Kier alpha value is -0.780. The van der Waals surface area contributed by atoms with Gasteiger partial charge in [-0.2, -0.15) is 0 Å². The zero-order chi connectivity index (χ0) is 9.26. The third-order valence-corrected chi connectivity index (χ3v) is 3.31. The third-order valence-electron chi connectivity index (χ3n) is 3.31. The molecule has 0 aliphatic heterocycles. The molecule has 2 rings (SSSR count). The van der Waals surface area contributed by atoms with Crippen molar-refractivity contribution in [3.05, 3.63) is 34.9 Å². The van der Waals surface area contributed by atoms with E-state index < -0.39 is 0 Å². The number of hydrogen-bond donors (Lipinski definition) is 0. The van der Waals surface area contributed by atoms with E-state index in [1.165, 1.54) is 31.2 Å². The first-order valence-electron chi connectivity index (χ1n) is 5.46. The second-order valence-electron chi connectivity index (χ2n) is 4.03. The smallest absolute Gasteiger partial charge is 0.0159 e. The number of rotatable bonds is 2. The summed E-state index contributed by atoms with van der Waals surface area (Å²) < 4.78 is 0. The van der Waals surface area contributed by atoms with E-state index in [9.17, 15) is 0 Å². The number of fused-ring (bicyclic) bond motifs is 1. The number of benzene rings is 1. The van der Waals surface area contributed by atoms with Gasteiger partial charge in [-0.25, -0.2) is 0 Å². The van der Waals surface area contributed by atoms with E-state index in [0.29, 0.717) is 0 Å². The van der Waals surface area contributed by atoms with Gasteiger partial charge in [0.05, 0.1) is 0 Å². The minimum absolute atomic E-state index is 0.848. The highest BCUT2D eigenvalue weighted by Crippen LogP contribution is 2.35. The van der Waals surface area contributed by atoms with Gasteiger partial charge in [-0.1, -0.05) is 32.0 Å². The highest BCUT2D eigenvalue weighted by molar-refractivity contribution is 5.38. The van der Waals surface area contributed by atoms with Crippen molar-refractivity contribution in [2.75, 3.05) is 0 Å². The molecule has 0 heterocycles. The maximum Gasteiger partial charge on any atom is -0.0159 e. The molecule has 1 aliphatic rings. The minimum atomic E-state index is 0.848. The van der Waals surface area contributed by atoms with Crippen LogP contribution in [0, 0.1) is 0 Å². The fourth-order valence-corrected chi connectivity index (χ4v) is 2.40. The Kier molecular flexibility index (Phi) is 2.39. The van der Waals surface area contributed by atoms with Gasteiger partial charge in [0.25, 0.3) is 0 Å². The molecule has 0 heteroatoms. The maximum absolute atomic E-state index is 2.41. The molecule has 1 unspecified atom stereocenters. The van der Waals surface area contributed by atoms with E-state index in [4.69, 9.17) is 0 Å². The van der Waals surface area contributed by atoms with Crippen LogP contribution >= 0.6 is 0 Å². The summed E-state index contributed by atoms with van der Waals surface area (Å²) in [4.78, 5) is 0. The van der Waals surface area contributed by atoms with Crippen LogP contribution in [0.1, 0.15) is 49.3 Å². The van der Waals surface area contributed by atoms with Crippen molar-refractivity contribution in [3.63, 3.8) is 0 Å². The molecule has 0 aromatic heterocycles. The molecule has 0 radical (unpaired) electrons. The van der Waals surface area contributed by atoms with Gasteiger partial charge in [0.2, 0.25) is 0 Å². The van der Waals surface area contributed by atoms with E-state index in [2.05, 4.69) is 32.0 Å². The largest absolute Gasteiger partial charge is 0.0648 e. The summed E-state index contributed by atoms with van der Waals surface area (Å²) in [5.74, 6) is 0.848. The van der Waals surface area contributed by atoms with Crippen LogP contribution in [0.25, 0.3) is 0 Å². The molecule has 0 N–H and O–H groups in total. The summed E-state index contributed by atoms with van der Waals surface area (Å²) in [6.07, 6.45) is 5.16. The average Bonchev–Trinajstić information content (AvgIpc) is 2.59. The lowest BCUT2D eigenvalue weighted by atomic mass is 9.97. The predicted octanol–water partition coefficient (Wildman–Crippen LogP) is 3.69. The first-order valence-corrected chi connectivity index (χ1v) is 5.46.